The molecule has 0 aromatic heterocycles. The van der Waals surface area contributed by atoms with Gasteiger partial charge in [0.2, 0.25) is 0 Å². The zero-order valence-electron chi connectivity index (χ0n) is 12.5. The Bertz CT molecular complexity index is 428. The minimum Gasteiger partial charge on any atom is -0.294 e. The van der Waals surface area contributed by atoms with Gasteiger partial charge in [0, 0.05) is 11.5 Å². The Kier molecular flexibility index (Phi) is 4.44. The Hall–Kier alpha value is -1.11. The van der Waals surface area contributed by atoms with Crippen LogP contribution in [0.5, 0.6) is 0 Å². The molecule has 1 aliphatic carbocycles. The fraction of sp³-hybridized carbons (Fsp3) is 0.611. The van der Waals surface area contributed by atoms with Crippen LogP contribution in [0.3, 0.4) is 0 Å². The zero-order chi connectivity index (χ0) is 13.9. The van der Waals surface area contributed by atoms with Gasteiger partial charge in [-0.1, -0.05) is 64.3 Å². The van der Waals surface area contributed by atoms with Gasteiger partial charge in [0.15, 0.2) is 5.78 Å². The largest absolute Gasteiger partial charge is 0.294 e. The summed E-state index contributed by atoms with van der Waals surface area (Å²) in [6, 6.07) is 8.29. The van der Waals surface area contributed by atoms with Crippen molar-refractivity contribution in [3.05, 3.63) is 35.4 Å². The highest BCUT2D eigenvalue weighted by Crippen LogP contribution is 2.42. The van der Waals surface area contributed by atoms with Crippen molar-refractivity contribution in [3.8, 4) is 0 Å². The summed E-state index contributed by atoms with van der Waals surface area (Å²) < 4.78 is 0. The number of benzene rings is 1. The standard InChI is InChI=1S/C18H26O/c1-4-7-14-9-11-15(12-10-14)17(19)16-8-5-6-13-18(16,2)3/h9-12,16H,4-8,13H2,1-3H3. The van der Waals surface area contributed by atoms with Crippen LogP contribution in [0.2, 0.25) is 0 Å². The lowest BCUT2D eigenvalue weighted by molar-refractivity contribution is 0.0697. The van der Waals surface area contributed by atoms with Gasteiger partial charge in [-0.3, -0.25) is 4.79 Å². The summed E-state index contributed by atoms with van der Waals surface area (Å²) in [5.74, 6) is 0.561. The van der Waals surface area contributed by atoms with Crippen molar-refractivity contribution < 1.29 is 4.79 Å². The quantitative estimate of drug-likeness (QED) is 0.692. The van der Waals surface area contributed by atoms with Crippen LogP contribution in [-0.2, 0) is 6.42 Å². The van der Waals surface area contributed by atoms with Crippen molar-refractivity contribution >= 4 is 5.78 Å². The van der Waals surface area contributed by atoms with E-state index < -0.39 is 0 Å². The molecule has 1 heteroatoms. The SMILES string of the molecule is CCCc1ccc(C(=O)C2CCCCC2(C)C)cc1. The van der Waals surface area contributed by atoms with E-state index in [1.54, 1.807) is 0 Å². The molecule has 1 saturated carbocycles. The molecule has 1 atom stereocenters. The van der Waals surface area contributed by atoms with Crippen molar-refractivity contribution in [2.75, 3.05) is 0 Å². The van der Waals surface area contributed by atoms with Gasteiger partial charge in [0.25, 0.3) is 0 Å². The van der Waals surface area contributed by atoms with Crippen LogP contribution in [0, 0.1) is 11.3 Å². The van der Waals surface area contributed by atoms with Gasteiger partial charge in [0.05, 0.1) is 0 Å². The zero-order valence-corrected chi connectivity index (χ0v) is 12.5. The van der Waals surface area contributed by atoms with Gasteiger partial charge < -0.3 is 0 Å². The maximum Gasteiger partial charge on any atom is 0.166 e. The molecule has 0 heterocycles. The van der Waals surface area contributed by atoms with E-state index >= 15 is 0 Å². The fourth-order valence-corrected chi connectivity index (χ4v) is 3.31. The number of hydrogen-bond acceptors (Lipinski definition) is 1. The molecule has 1 aliphatic rings. The third-order valence-corrected chi connectivity index (χ3v) is 4.60. The number of carbonyl (C=O) groups is 1. The second-order valence-corrected chi connectivity index (χ2v) is 6.60. The van der Waals surface area contributed by atoms with Gasteiger partial charge >= 0.3 is 0 Å². The smallest absolute Gasteiger partial charge is 0.166 e. The van der Waals surface area contributed by atoms with E-state index in [1.165, 1.54) is 24.8 Å². The summed E-state index contributed by atoms with van der Waals surface area (Å²) in [5.41, 5.74) is 2.40. The van der Waals surface area contributed by atoms with Crippen LogP contribution in [0.4, 0.5) is 0 Å². The van der Waals surface area contributed by atoms with E-state index in [-0.39, 0.29) is 11.3 Å². The molecule has 0 bridgehead atoms. The Morgan fingerprint density at radius 2 is 1.89 bits per heavy atom. The molecule has 1 unspecified atom stereocenters. The second-order valence-electron chi connectivity index (χ2n) is 6.60. The molecule has 104 valence electrons. The summed E-state index contributed by atoms with van der Waals surface area (Å²) in [6.45, 7) is 6.68. The van der Waals surface area contributed by atoms with Crippen LogP contribution >= 0.6 is 0 Å². The summed E-state index contributed by atoms with van der Waals surface area (Å²) in [4.78, 5) is 12.7. The van der Waals surface area contributed by atoms with Crippen LogP contribution in [0.15, 0.2) is 24.3 Å². The summed E-state index contributed by atoms with van der Waals surface area (Å²) in [6.07, 6.45) is 6.96. The lowest BCUT2D eigenvalue weighted by Crippen LogP contribution is -2.34. The van der Waals surface area contributed by atoms with E-state index in [0.29, 0.717) is 5.78 Å². The highest BCUT2D eigenvalue weighted by Gasteiger charge is 2.37. The molecule has 1 aromatic carbocycles. The lowest BCUT2D eigenvalue weighted by Gasteiger charge is -2.37. The molecular weight excluding hydrogens is 232 g/mol. The Morgan fingerprint density at radius 3 is 2.47 bits per heavy atom. The van der Waals surface area contributed by atoms with Crippen LogP contribution < -0.4 is 0 Å². The first kappa shape index (κ1) is 14.3. The lowest BCUT2D eigenvalue weighted by atomic mass is 9.66. The molecular formula is C18H26O. The van der Waals surface area contributed by atoms with Gasteiger partial charge in [-0.25, -0.2) is 0 Å². The van der Waals surface area contributed by atoms with Crippen molar-refractivity contribution in [2.45, 2.75) is 59.3 Å². The molecule has 0 aliphatic heterocycles. The molecule has 0 radical (unpaired) electrons. The van der Waals surface area contributed by atoms with Gasteiger partial charge in [-0.05, 0) is 30.2 Å². The molecule has 0 N–H and O–H groups in total. The molecule has 1 aromatic rings. The third-order valence-electron chi connectivity index (χ3n) is 4.60. The summed E-state index contributed by atoms with van der Waals surface area (Å²) in [7, 11) is 0. The molecule has 0 saturated heterocycles. The van der Waals surface area contributed by atoms with Gasteiger partial charge in [-0.15, -0.1) is 0 Å². The number of rotatable bonds is 4. The average Bonchev–Trinajstić information content (AvgIpc) is 2.39. The molecule has 2 rings (SSSR count). The van der Waals surface area contributed by atoms with E-state index in [4.69, 9.17) is 0 Å². The highest BCUT2D eigenvalue weighted by atomic mass is 16.1. The molecule has 19 heavy (non-hydrogen) atoms. The first-order chi connectivity index (χ1) is 9.04. The molecule has 0 spiro atoms. The van der Waals surface area contributed by atoms with E-state index in [1.807, 2.05) is 12.1 Å². The predicted octanol–water partition coefficient (Wildman–Crippen LogP) is 5.04. The first-order valence-electron chi connectivity index (χ1n) is 7.68. The van der Waals surface area contributed by atoms with Crippen LogP contribution in [0.25, 0.3) is 0 Å². The number of Topliss-reactive ketones (excluding diaryl/α,β-unsaturated/α-hetero) is 1. The Balaban J connectivity index is 2.14. The molecule has 0 amide bonds. The van der Waals surface area contributed by atoms with Crippen LogP contribution in [0.1, 0.15) is 68.8 Å². The first-order valence-corrected chi connectivity index (χ1v) is 7.68. The van der Waals surface area contributed by atoms with Gasteiger partial charge in [-0.2, -0.15) is 0 Å². The predicted molar refractivity (Wildman–Crippen MR) is 80.5 cm³/mol. The van der Waals surface area contributed by atoms with E-state index in [9.17, 15) is 4.79 Å². The third kappa shape index (κ3) is 3.26. The Labute approximate surface area is 117 Å². The van der Waals surface area contributed by atoms with E-state index in [0.717, 1.165) is 24.8 Å². The summed E-state index contributed by atoms with van der Waals surface area (Å²) in [5, 5.41) is 0. The number of aryl methyl sites for hydroxylation is 1. The topological polar surface area (TPSA) is 17.1 Å². The molecule has 1 nitrogen and oxygen atoms in total. The van der Waals surface area contributed by atoms with E-state index in [2.05, 4.69) is 32.9 Å². The van der Waals surface area contributed by atoms with Crippen molar-refractivity contribution in [2.24, 2.45) is 11.3 Å². The normalized spacial score (nSPS) is 22.2. The monoisotopic (exact) mass is 258 g/mol. The number of ketones is 1. The van der Waals surface area contributed by atoms with Gasteiger partial charge in [0.1, 0.15) is 0 Å². The highest BCUT2D eigenvalue weighted by molar-refractivity contribution is 5.98. The fourth-order valence-electron chi connectivity index (χ4n) is 3.31. The van der Waals surface area contributed by atoms with Crippen molar-refractivity contribution in [1.82, 2.24) is 0 Å². The van der Waals surface area contributed by atoms with Crippen molar-refractivity contribution in [1.29, 1.82) is 0 Å². The number of hydrogen-bond donors (Lipinski definition) is 0. The summed E-state index contributed by atoms with van der Waals surface area (Å²) >= 11 is 0. The maximum atomic E-state index is 12.7. The van der Waals surface area contributed by atoms with Crippen LogP contribution in [-0.4, -0.2) is 5.78 Å². The maximum absolute atomic E-state index is 12.7. The average molecular weight is 258 g/mol. The second kappa shape index (κ2) is 5.90. The minimum atomic E-state index is 0.164. The van der Waals surface area contributed by atoms with Crippen molar-refractivity contribution in [3.63, 3.8) is 0 Å². The Morgan fingerprint density at radius 1 is 1.21 bits per heavy atom. The number of carbonyl (C=O) groups excluding carboxylic acids is 1. The minimum absolute atomic E-state index is 0.164. The molecule has 1 fully saturated rings.